The van der Waals surface area contributed by atoms with Crippen LogP contribution in [0.2, 0.25) is 0 Å². The Morgan fingerprint density at radius 1 is 1.23 bits per heavy atom. The molecule has 0 atom stereocenters. The first-order valence-electron chi connectivity index (χ1n) is 5.76. The standard InChI is InChI=1S/C12H23N/c1-2-11(10-13)9-12-7-5-3-4-6-8-12/h9,12H,2-8,10,13H2,1H3. The molecular formula is C12H23N. The van der Waals surface area contributed by atoms with Crippen LogP contribution in [0.15, 0.2) is 11.6 Å². The number of hydrogen-bond donors (Lipinski definition) is 1. The van der Waals surface area contributed by atoms with E-state index in [2.05, 4.69) is 13.0 Å². The van der Waals surface area contributed by atoms with Gasteiger partial charge in [0, 0.05) is 6.54 Å². The highest BCUT2D eigenvalue weighted by atomic mass is 14.5. The Morgan fingerprint density at radius 2 is 1.85 bits per heavy atom. The molecular weight excluding hydrogens is 158 g/mol. The molecule has 0 aromatic carbocycles. The van der Waals surface area contributed by atoms with Gasteiger partial charge in [-0.3, -0.25) is 0 Å². The van der Waals surface area contributed by atoms with E-state index in [1.54, 1.807) is 0 Å². The van der Waals surface area contributed by atoms with Gasteiger partial charge in [-0.25, -0.2) is 0 Å². The molecule has 1 fully saturated rings. The third kappa shape index (κ3) is 3.95. The van der Waals surface area contributed by atoms with Crippen LogP contribution in [0.25, 0.3) is 0 Å². The lowest BCUT2D eigenvalue weighted by atomic mass is 9.96. The molecule has 1 aliphatic rings. The number of rotatable bonds is 3. The van der Waals surface area contributed by atoms with Crippen LogP contribution in [-0.2, 0) is 0 Å². The molecule has 0 saturated heterocycles. The van der Waals surface area contributed by atoms with Crippen molar-refractivity contribution in [2.24, 2.45) is 11.7 Å². The van der Waals surface area contributed by atoms with E-state index in [1.165, 1.54) is 44.1 Å². The largest absolute Gasteiger partial charge is 0.327 e. The van der Waals surface area contributed by atoms with Crippen molar-refractivity contribution in [1.82, 2.24) is 0 Å². The Labute approximate surface area is 82.4 Å². The van der Waals surface area contributed by atoms with Gasteiger partial charge in [0.15, 0.2) is 0 Å². The van der Waals surface area contributed by atoms with Crippen molar-refractivity contribution in [3.8, 4) is 0 Å². The molecule has 0 unspecified atom stereocenters. The van der Waals surface area contributed by atoms with E-state index < -0.39 is 0 Å². The number of allylic oxidation sites excluding steroid dienone is 1. The summed E-state index contributed by atoms with van der Waals surface area (Å²) in [5, 5.41) is 0. The Kier molecular flexibility index (Phi) is 5.14. The number of hydrogen-bond acceptors (Lipinski definition) is 1. The molecule has 1 heteroatoms. The van der Waals surface area contributed by atoms with Gasteiger partial charge in [0.1, 0.15) is 0 Å². The Balaban J connectivity index is 2.43. The maximum Gasteiger partial charge on any atom is 0.0136 e. The van der Waals surface area contributed by atoms with Crippen molar-refractivity contribution in [3.05, 3.63) is 11.6 Å². The topological polar surface area (TPSA) is 26.0 Å². The van der Waals surface area contributed by atoms with Crippen LogP contribution in [0.4, 0.5) is 0 Å². The monoisotopic (exact) mass is 181 g/mol. The SMILES string of the molecule is CCC(=CC1CCCCCC1)CN. The molecule has 0 amide bonds. The van der Waals surface area contributed by atoms with Gasteiger partial charge in [-0.15, -0.1) is 0 Å². The second-order valence-electron chi connectivity index (χ2n) is 4.13. The molecule has 0 radical (unpaired) electrons. The summed E-state index contributed by atoms with van der Waals surface area (Å²) in [6, 6.07) is 0. The smallest absolute Gasteiger partial charge is 0.0136 e. The van der Waals surface area contributed by atoms with E-state index in [-0.39, 0.29) is 0 Å². The summed E-state index contributed by atoms with van der Waals surface area (Å²) in [6.07, 6.45) is 12.1. The van der Waals surface area contributed by atoms with Gasteiger partial charge in [-0.05, 0) is 25.2 Å². The molecule has 0 aromatic heterocycles. The van der Waals surface area contributed by atoms with Crippen molar-refractivity contribution in [2.45, 2.75) is 51.9 Å². The molecule has 0 aromatic rings. The minimum absolute atomic E-state index is 0.757. The molecule has 0 heterocycles. The first kappa shape index (κ1) is 10.8. The van der Waals surface area contributed by atoms with Crippen LogP contribution in [-0.4, -0.2) is 6.54 Å². The van der Waals surface area contributed by atoms with Crippen LogP contribution < -0.4 is 5.73 Å². The zero-order chi connectivity index (χ0) is 9.52. The molecule has 13 heavy (non-hydrogen) atoms. The fraction of sp³-hybridized carbons (Fsp3) is 0.833. The van der Waals surface area contributed by atoms with E-state index in [4.69, 9.17) is 5.73 Å². The highest BCUT2D eigenvalue weighted by molar-refractivity contribution is 5.05. The van der Waals surface area contributed by atoms with Gasteiger partial charge >= 0.3 is 0 Å². The summed E-state index contributed by atoms with van der Waals surface area (Å²) in [5.41, 5.74) is 7.12. The molecule has 1 aliphatic carbocycles. The Bertz CT molecular complexity index is 147. The van der Waals surface area contributed by atoms with E-state index >= 15 is 0 Å². The second kappa shape index (κ2) is 6.20. The van der Waals surface area contributed by atoms with Gasteiger partial charge in [0.05, 0.1) is 0 Å². The molecule has 0 bridgehead atoms. The van der Waals surface area contributed by atoms with Crippen LogP contribution >= 0.6 is 0 Å². The van der Waals surface area contributed by atoms with Crippen molar-refractivity contribution < 1.29 is 0 Å². The van der Waals surface area contributed by atoms with E-state index in [0.717, 1.165) is 18.9 Å². The maximum atomic E-state index is 5.67. The third-order valence-corrected chi connectivity index (χ3v) is 3.09. The molecule has 0 aliphatic heterocycles. The zero-order valence-corrected chi connectivity index (χ0v) is 8.89. The lowest BCUT2D eigenvalue weighted by Crippen LogP contribution is -2.05. The third-order valence-electron chi connectivity index (χ3n) is 3.09. The average molecular weight is 181 g/mol. The van der Waals surface area contributed by atoms with Crippen molar-refractivity contribution in [3.63, 3.8) is 0 Å². The van der Waals surface area contributed by atoms with Gasteiger partial charge in [0.25, 0.3) is 0 Å². The maximum absolute atomic E-state index is 5.67. The van der Waals surface area contributed by atoms with Crippen LogP contribution in [0, 0.1) is 5.92 Å². The predicted octanol–water partition coefficient (Wildman–Crippen LogP) is 3.25. The normalized spacial score (nSPS) is 21.5. The summed E-state index contributed by atoms with van der Waals surface area (Å²) in [7, 11) is 0. The van der Waals surface area contributed by atoms with Crippen LogP contribution in [0.3, 0.4) is 0 Å². The first-order valence-corrected chi connectivity index (χ1v) is 5.76. The van der Waals surface area contributed by atoms with Crippen molar-refractivity contribution >= 4 is 0 Å². The summed E-state index contributed by atoms with van der Waals surface area (Å²) in [5.74, 6) is 0.834. The first-order chi connectivity index (χ1) is 6.36. The van der Waals surface area contributed by atoms with Crippen molar-refractivity contribution in [2.75, 3.05) is 6.54 Å². The van der Waals surface area contributed by atoms with Crippen LogP contribution in [0.5, 0.6) is 0 Å². The van der Waals surface area contributed by atoms with Gasteiger partial charge < -0.3 is 5.73 Å². The summed E-state index contributed by atoms with van der Waals surface area (Å²) in [4.78, 5) is 0. The lowest BCUT2D eigenvalue weighted by Gasteiger charge is -2.10. The van der Waals surface area contributed by atoms with E-state index in [9.17, 15) is 0 Å². The van der Waals surface area contributed by atoms with Gasteiger partial charge in [-0.1, -0.05) is 44.3 Å². The molecule has 1 saturated carbocycles. The molecule has 1 rings (SSSR count). The highest BCUT2D eigenvalue weighted by Gasteiger charge is 2.09. The van der Waals surface area contributed by atoms with Gasteiger partial charge in [0.2, 0.25) is 0 Å². The van der Waals surface area contributed by atoms with Gasteiger partial charge in [-0.2, -0.15) is 0 Å². The highest BCUT2D eigenvalue weighted by Crippen LogP contribution is 2.25. The Morgan fingerprint density at radius 3 is 2.31 bits per heavy atom. The minimum Gasteiger partial charge on any atom is -0.327 e. The van der Waals surface area contributed by atoms with E-state index in [0.29, 0.717) is 0 Å². The minimum atomic E-state index is 0.757. The summed E-state index contributed by atoms with van der Waals surface area (Å²) >= 11 is 0. The average Bonchev–Trinajstić information content (AvgIpc) is 2.42. The summed E-state index contributed by atoms with van der Waals surface area (Å²) in [6.45, 7) is 2.96. The molecule has 76 valence electrons. The molecule has 2 N–H and O–H groups in total. The van der Waals surface area contributed by atoms with E-state index in [1.807, 2.05) is 0 Å². The lowest BCUT2D eigenvalue weighted by molar-refractivity contribution is 0.554. The van der Waals surface area contributed by atoms with Crippen LogP contribution in [0.1, 0.15) is 51.9 Å². The summed E-state index contributed by atoms with van der Waals surface area (Å²) < 4.78 is 0. The number of nitrogens with two attached hydrogens (primary N) is 1. The molecule has 1 nitrogen and oxygen atoms in total. The zero-order valence-electron chi connectivity index (χ0n) is 8.89. The predicted molar refractivity (Wildman–Crippen MR) is 58.6 cm³/mol. The van der Waals surface area contributed by atoms with Crippen molar-refractivity contribution in [1.29, 1.82) is 0 Å². The fourth-order valence-electron chi connectivity index (χ4n) is 2.14. The fourth-order valence-corrected chi connectivity index (χ4v) is 2.14. The second-order valence-corrected chi connectivity index (χ2v) is 4.13. The molecule has 0 spiro atoms. The Hall–Kier alpha value is -0.300. The quantitative estimate of drug-likeness (QED) is 0.525.